The van der Waals surface area contributed by atoms with Crippen LogP contribution in [0.1, 0.15) is 11.1 Å². The lowest BCUT2D eigenvalue weighted by atomic mass is 10.2. The first-order valence-corrected chi connectivity index (χ1v) is 6.43. The molecule has 0 spiro atoms. The molecule has 2 rings (SSSR count). The Balaban J connectivity index is 2.12. The predicted molar refractivity (Wildman–Crippen MR) is 74.2 cm³/mol. The number of hydrogen-bond acceptors (Lipinski definition) is 2. The number of benzene rings is 2. The molecule has 0 amide bonds. The highest BCUT2D eigenvalue weighted by molar-refractivity contribution is 9.10. The highest BCUT2D eigenvalue weighted by Crippen LogP contribution is 2.23. The third-order valence-electron chi connectivity index (χ3n) is 2.75. The summed E-state index contributed by atoms with van der Waals surface area (Å²) in [6.07, 6.45) is 0. The molecule has 0 unspecified atom stereocenters. The van der Waals surface area contributed by atoms with Crippen molar-refractivity contribution in [2.75, 3.05) is 5.32 Å². The van der Waals surface area contributed by atoms with Gasteiger partial charge in [0.2, 0.25) is 0 Å². The molecule has 100 valence electrons. The molecule has 2 nitrogen and oxygen atoms in total. The van der Waals surface area contributed by atoms with Gasteiger partial charge in [0.05, 0.1) is 0 Å². The van der Waals surface area contributed by atoms with Crippen LogP contribution >= 0.6 is 15.9 Å². The number of phenols is 1. The van der Waals surface area contributed by atoms with E-state index in [0.717, 1.165) is 27.9 Å². The molecule has 0 aliphatic carbocycles. The molecule has 0 atom stereocenters. The lowest BCUT2D eigenvalue weighted by Gasteiger charge is -2.09. The van der Waals surface area contributed by atoms with E-state index < -0.39 is 17.4 Å². The summed E-state index contributed by atoms with van der Waals surface area (Å²) >= 11 is 3.41. The second kappa shape index (κ2) is 5.57. The van der Waals surface area contributed by atoms with E-state index >= 15 is 0 Å². The van der Waals surface area contributed by atoms with Gasteiger partial charge in [-0.2, -0.15) is 0 Å². The van der Waals surface area contributed by atoms with Crippen molar-refractivity contribution in [2.45, 2.75) is 13.5 Å². The number of nitrogens with one attached hydrogen (secondary N) is 1. The van der Waals surface area contributed by atoms with Crippen LogP contribution in [0.2, 0.25) is 0 Å². The van der Waals surface area contributed by atoms with Gasteiger partial charge in [-0.25, -0.2) is 8.78 Å². The van der Waals surface area contributed by atoms with Crippen molar-refractivity contribution in [3.05, 3.63) is 57.6 Å². The number of phenolic OH excluding ortho intramolecular Hbond substituents is 1. The zero-order valence-electron chi connectivity index (χ0n) is 10.2. The van der Waals surface area contributed by atoms with E-state index in [1.54, 1.807) is 0 Å². The van der Waals surface area contributed by atoms with E-state index in [4.69, 9.17) is 5.11 Å². The van der Waals surface area contributed by atoms with Gasteiger partial charge in [0.25, 0.3) is 0 Å². The highest BCUT2D eigenvalue weighted by Gasteiger charge is 2.09. The molecule has 0 saturated heterocycles. The third-order valence-corrected chi connectivity index (χ3v) is 3.60. The lowest BCUT2D eigenvalue weighted by Crippen LogP contribution is -2.01. The molecule has 2 aromatic rings. The molecule has 0 saturated carbocycles. The second-order valence-electron chi connectivity index (χ2n) is 4.23. The molecule has 5 heteroatoms. The Bertz CT molecular complexity index is 593. The number of rotatable bonds is 3. The summed E-state index contributed by atoms with van der Waals surface area (Å²) in [5.74, 6) is -2.86. The van der Waals surface area contributed by atoms with Crippen LogP contribution < -0.4 is 5.32 Å². The van der Waals surface area contributed by atoms with Crippen LogP contribution in [0.5, 0.6) is 5.75 Å². The van der Waals surface area contributed by atoms with Crippen LogP contribution in [0, 0.1) is 18.6 Å². The molecular formula is C14H12BrF2NO. The highest BCUT2D eigenvalue weighted by atomic mass is 79.9. The Kier molecular flexibility index (Phi) is 4.04. The topological polar surface area (TPSA) is 32.3 Å². The fourth-order valence-corrected chi connectivity index (χ4v) is 2.01. The van der Waals surface area contributed by atoms with Crippen LogP contribution in [0.25, 0.3) is 0 Å². The minimum atomic E-state index is -0.957. The molecule has 0 aliphatic rings. The van der Waals surface area contributed by atoms with Crippen molar-refractivity contribution in [2.24, 2.45) is 0 Å². The first-order valence-electron chi connectivity index (χ1n) is 5.64. The number of anilines is 1. The van der Waals surface area contributed by atoms with Gasteiger partial charge in [-0.1, -0.05) is 22.0 Å². The van der Waals surface area contributed by atoms with Crippen molar-refractivity contribution in [3.63, 3.8) is 0 Å². The van der Waals surface area contributed by atoms with E-state index in [0.29, 0.717) is 5.56 Å². The van der Waals surface area contributed by atoms with Crippen LogP contribution in [-0.4, -0.2) is 5.11 Å². The number of halogens is 3. The van der Waals surface area contributed by atoms with E-state index in [-0.39, 0.29) is 6.54 Å². The summed E-state index contributed by atoms with van der Waals surface area (Å²) in [6.45, 7) is 2.24. The van der Waals surface area contributed by atoms with Crippen molar-refractivity contribution in [3.8, 4) is 5.75 Å². The largest absolute Gasteiger partial charge is 0.503 e. The van der Waals surface area contributed by atoms with Gasteiger partial charge in [0.15, 0.2) is 17.4 Å². The van der Waals surface area contributed by atoms with Gasteiger partial charge in [-0.3, -0.25) is 0 Å². The Morgan fingerprint density at radius 1 is 1.16 bits per heavy atom. The van der Waals surface area contributed by atoms with E-state index in [1.807, 2.05) is 25.1 Å². The second-order valence-corrected chi connectivity index (χ2v) is 5.08. The molecule has 0 radical (unpaired) electrons. The minimum Gasteiger partial charge on any atom is -0.503 e. The summed E-state index contributed by atoms with van der Waals surface area (Å²) in [4.78, 5) is 0. The van der Waals surface area contributed by atoms with Crippen LogP contribution in [0.15, 0.2) is 34.8 Å². The van der Waals surface area contributed by atoms with Crippen molar-refractivity contribution >= 4 is 21.6 Å². The first kappa shape index (κ1) is 13.8. The normalized spacial score (nSPS) is 10.5. The van der Waals surface area contributed by atoms with Gasteiger partial charge in [-0.15, -0.1) is 0 Å². The SMILES string of the molecule is Cc1ccc(NCc2cc(F)c(O)c(F)c2)cc1Br. The van der Waals surface area contributed by atoms with Gasteiger partial charge >= 0.3 is 0 Å². The molecule has 0 aromatic heterocycles. The third kappa shape index (κ3) is 3.23. The monoisotopic (exact) mass is 327 g/mol. The van der Waals surface area contributed by atoms with Gasteiger partial charge in [-0.05, 0) is 42.3 Å². The average Bonchev–Trinajstić information content (AvgIpc) is 2.37. The Morgan fingerprint density at radius 2 is 1.79 bits per heavy atom. The summed E-state index contributed by atoms with van der Waals surface area (Å²) in [5.41, 5.74) is 2.36. The molecule has 0 fully saturated rings. The maximum absolute atomic E-state index is 13.2. The molecule has 0 heterocycles. The van der Waals surface area contributed by atoms with E-state index in [2.05, 4.69) is 21.2 Å². The Labute approximate surface area is 118 Å². The van der Waals surface area contributed by atoms with E-state index in [9.17, 15) is 8.78 Å². The van der Waals surface area contributed by atoms with Crippen molar-refractivity contribution in [1.29, 1.82) is 0 Å². The lowest BCUT2D eigenvalue weighted by molar-refractivity contribution is 0.395. The molecule has 2 aromatic carbocycles. The summed E-state index contributed by atoms with van der Waals surface area (Å²) in [7, 11) is 0. The summed E-state index contributed by atoms with van der Waals surface area (Å²) < 4.78 is 27.3. The number of hydrogen-bond donors (Lipinski definition) is 2. The first-order chi connectivity index (χ1) is 8.97. The molecule has 0 aliphatic heterocycles. The molecule has 2 N–H and O–H groups in total. The van der Waals surface area contributed by atoms with Crippen LogP contribution in [0.4, 0.5) is 14.5 Å². The zero-order chi connectivity index (χ0) is 14.0. The van der Waals surface area contributed by atoms with Crippen molar-refractivity contribution in [1.82, 2.24) is 0 Å². The number of aryl methyl sites for hydroxylation is 1. The Hall–Kier alpha value is -1.62. The fourth-order valence-electron chi connectivity index (χ4n) is 1.63. The van der Waals surface area contributed by atoms with Crippen LogP contribution in [-0.2, 0) is 6.54 Å². The summed E-state index contributed by atoms with van der Waals surface area (Å²) in [6, 6.07) is 7.92. The zero-order valence-corrected chi connectivity index (χ0v) is 11.8. The minimum absolute atomic E-state index is 0.267. The predicted octanol–water partition coefficient (Wildman–Crippen LogP) is 4.35. The van der Waals surface area contributed by atoms with E-state index in [1.165, 1.54) is 0 Å². The summed E-state index contributed by atoms with van der Waals surface area (Å²) in [5, 5.41) is 12.1. The standard InChI is InChI=1S/C14H12BrF2NO/c1-8-2-3-10(6-11(8)15)18-7-9-4-12(16)14(19)13(17)5-9/h2-6,18-19H,7H2,1H3. The fraction of sp³-hybridized carbons (Fsp3) is 0.143. The maximum atomic E-state index is 13.2. The quantitative estimate of drug-likeness (QED) is 0.878. The Morgan fingerprint density at radius 3 is 2.37 bits per heavy atom. The smallest absolute Gasteiger partial charge is 0.187 e. The van der Waals surface area contributed by atoms with Gasteiger partial charge < -0.3 is 10.4 Å². The molecule has 19 heavy (non-hydrogen) atoms. The molecular weight excluding hydrogens is 316 g/mol. The van der Waals surface area contributed by atoms with Crippen molar-refractivity contribution < 1.29 is 13.9 Å². The van der Waals surface area contributed by atoms with Gasteiger partial charge in [0, 0.05) is 16.7 Å². The molecule has 0 bridgehead atoms. The maximum Gasteiger partial charge on any atom is 0.187 e. The van der Waals surface area contributed by atoms with Gasteiger partial charge in [0.1, 0.15) is 0 Å². The average molecular weight is 328 g/mol. The van der Waals surface area contributed by atoms with Crippen LogP contribution in [0.3, 0.4) is 0 Å². The number of aromatic hydroxyl groups is 1.